The van der Waals surface area contributed by atoms with Crippen LogP contribution in [-0.2, 0) is 11.4 Å². The van der Waals surface area contributed by atoms with Gasteiger partial charge in [0.1, 0.15) is 0 Å². The molecule has 2 heteroatoms. The van der Waals surface area contributed by atoms with Gasteiger partial charge in [0.25, 0.3) is 0 Å². The Morgan fingerprint density at radius 2 is 1.69 bits per heavy atom. The van der Waals surface area contributed by atoms with E-state index < -0.39 is 0 Å². The van der Waals surface area contributed by atoms with Crippen LogP contribution in [0.3, 0.4) is 0 Å². The number of nitrogens with one attached hydrogen (secondary N) is 1. The van der Waals surface area contributed by atoms with Gasteiger partial charge in [-0.05, 0) is 48.9 Å². The summed E-state index contributed by atoms with van der Waals surface area (Å²) in [5, 5.41) is 0. The molecule has 0 aromatic heterocycles. The van der Waals surface area contributed by atoms with Crippen molar-refractivity contribution in [2.24, 2.45) is 5.92 Å². The molecule has 0 radical (unpaired) electrons. The number of hydrogen-bond acceptors (Lipinski definition) is 2. The monoisotopic (exact) mass is 221 g/mol. The van der Waals surface area contributed by atoms with Crippen LogP contribution in [0.5, 0.6) is 0 Å². The highest BCUT2D eigenvalue weighted by Crippen LogP contribution is 2.15. The maximum Gasteiger partial charge on any atom is 0.0705 e. The van der Waals surface area contributed by atoms with Gasteiger partial charge in [-0.15, -0.1) is 0 Å². The maximum absolute atomic E-state index is 5.37. The number of hydrogen-bond donors (Lipinski definition) is 1. The van der Waals surface area contributed by atoms with Gasteiger partial charge in [0.15, 0.2) is 0 Å². The molecule has 0 atom stereocenters. The second-order valence-electron chi connectivity index (χ2n) is 4.89. The molecule has 0 heterocycles. The minimum Gasteiger partial charge on any atom is -0.301 e. The first kappa shape index (κ1) is 13.2. The summed E-state index contributed by atoms with van der Waals surface area (Å²) in [5.41, 5.74) is 8.35. The Balaban J connectivity index is 2.51. The van der Waals surface area contributed by atoms with Crippen LogP contribution in [0.15, 0.2) is 12.1 Å². The van der Waals surface area contributed by atoms with Gasteiger partial charge in [0.05, 0.1) is 6.61 Å². The minimum atomic E-state index is 0.563. The maximum atomic E-state index is 5.37. The fourth-order valence-corrected chi connectivity index (χ4v) is 1.57. The molecule has 0 unspecified atom stereocenters. The highest BCUT2D eigenvalue weighted by atomic mass is 16.6. The highest BCUT2D eigenvalue weighted by molar-refractivity contribution is 5.36. The molecular formula is C14H23NO. The van der Waals surface area contributed by atoms with E-state index in [0.717, 1.165) is 13.2 Å². The lowest BCUT2D eigenvalue weighted by molar-refractivity contribution is 0.0195. The second kappa shape index (κ2) is 6.02. The summed E-state index contributed by atoms with van der Waals surface area (Å²) < 4.78 is 0. The van der Waals surface area contributed by atoms with E-state index in [2.05, 4.69) is 52.2 Å². The van der Waals surface area contributed by atoms with E-state index in [-0.39, 0.29) is 0 Å². The number of benzene rings is 1. The van der Waals surface area contributed by atoms with Crippen molar-refractivity contribution in [2.75, 3.05) is 6.61 Å². The van der Waals surface area contributed by atoms with Gasteiger partial charge in [-0.1, -0.05) is 26.0 Å². The summed E-state index contributed by atoms with van der Waals surface area (Å²) in [6.07, 6.45) is 0. The van der Waals surface area contributed by atoms with Gasteiger partial charge in [0.2, 0.25) is 0 Å². The smallest absolute Gasteiger partial charge is 0.0705 e. The van der Waals surface area contributed by atoms with Crippen LogP contribution < -0.4 is 5.48 Å². The van der Waals surface area contributed by atoms with Crippen molar-refractivity contribution >= 4 is 0 Å². The van der Waals surface area contributed by atoms with Crippen LogP contribution in [-0.4, -0.2) is 6.61 Å². The molecule has 0 spiro atoms. The van der Waals surface area contributed by atoms with Gasteiger partial charge >= 0.3 is 0 Å². The molecule has 16 heavy (non-hydrogen) atoms. The van der Waals surface area contributed by atoms with Gasteiger partial charge < -0.3 is 4.84 Å². The van der Waals surface area contributed by atoms with Crippen LogP contribution in [0.25, 0.3) is 0 Å². The standard InChI is InChI=1S/C14H23NO/c1-10(2)9-16-15-8-14-7-12(4)11(3)6-13(14)5/h6-7,10,15H,8-9H2,1-5H3. The quantitative estimate of drug-likeness (QED) is 0.608. The normalized spacial score (nSPS) is 11.1. The topological polar surface area (TPSA) is 21.3 Å². The van der Waals surface area contributed by atoms with Crippen molar-refractivity contribution in [3.63, 3.8) is 0 Å². The molecule has 0 fully saturated rings. The lowest BCUT2D eigenvalue weighted by atomic mass is 10.0. The Morgan fingerprint density at radius 3 is 2.31 bits per heavy atom. The highest BCUT2D eigenvalue weighted by Gasteiger charge is 2.02. The summed E-state index contributed by atoms with van der Waals surface area (Å²) in [4.78, 5) is 5.37. The number of hydroxylamine groups is 1. The van der Waals surface area contributed by atoms with Crippen LogP contribution in [0.2, 0.25) is 0 Å². The SMILES string of the molecule is Cc1cc(C)c(CNOCC(C)C)cc1C. The zero-order valence-electron chi connectivity index (χ0n) is 11.1. The lowest BCUT2D eigenvalue weighted by Gasteiger charge is -2.12. The minimum absolute atomic E-state index is 0.563. The van der Waals surface area contributed by atoms with Crippen molar-refractivity contribution < 1.29 is 4.84 Å². The first-order valence-corrected chi connectivity index (χ1v) is 5.92. The van der Waals surface area contributed by atoms with E-state index in [9.17, 15) is 0 Å². The average molecular weight is 221 g/mol. The predicted octanol–water partition coefficient (Wildman–Crippen LogP) is 3.29. The zero-order chi connectivity index (χ0) is 12.1. The molecule has 1 rings (SSSR count). The van der Waals surface area contributed by atoms with E-state index in [1.807, 2.05) is 0 Å². The van der Waals surface area contributed by atoms with Crippen molar-refractivity contribution in [3.8, 4) is 0 Å². The molecule has 0 aliphatic carbocycles. The molecule has 0 amide bonds. The third-order valence-corrected chi connectivity index (χ3v) is 2.73. The molecule has 1 aromatic rings. The van der Waals surface area contributed by atoms with E-state index in [4.69, 9.17) is 4.84 Å². The molecule has 1 N–H and O–H groups in total. The van der Waals surface area contributed by atoms with Crippen LogP contribution in [0, 0.1) is 26.7 Å². The third-order valence-electron chi connectivity index (χ3n) is 2.73. The molecule has 2 nitrogen and oxygen atoms in total. The summed E-state index contributed by atoms with van der Waals surface area (Å²) >= 11 is 0. The van der Waals surface area contributed by atoms with E-state index >= 15 is 0 Å². The lowest BCUT2D eigenvalue weighted by Crippen LogP contribution is -2.18. The van der Waals surface area contributed by atoms with Crippen molar-refractivity contribution in [1.29, 1.82) is 0 Å². The summed E-state index contributed by atoms with van der Waals surface area (Å²) in [6, 6.07) is 4.46. The number of rotatable bonds is 5. The van der Waals surface area contributed by atoms with Crippen molar-refractivity contribution in [1.82, 2.24) is 5.48 Å². The average Bonchev–Trinajstić information content (AvgIpc) is 2.19. The summed E-state index contributed by atoms with van der Waals surface area (Å²) in [5.74, 6) is 0.563. The Kier molecular flexibility index (Phi) is 4.97. The molecular weight excluding hydrogens is 198 g/mol. The van der Waals surface area contributed by atoms with Gasteiger partial charge in [-0.25, -0.2) is 0 Å². The van der Waals surface area contributed by atoms with Gasteiger partial charge in [-0.2, -0.15) is 5.48 Å². The number of aryl methyl sites for hydroxylation is 3. The van der Waals surface area contributed by atoms with Crippen LogP contribution >= 0.6 is 0 Å². The largest absolute Gasteiger partial charge is 0.301 e. The second-order valence-corrected chi connectivity index (χ2v) is 4.89. The molecule has 90 valence electrons. The molecule has 1 aromatic carbocycles. The summed E-state index contributed by atoms with van der Waals surface area (Å²) in [6.45, 7) is 12.3. The molecule has 0 saturated carbocycles. The molecule has 0 aliphatic rings. The molecule has 0 saturated heterocycles. The zero-order valence-corrected chi connectivity index (χ0v) is 11.1. The summed E-state index contributed by atoms with van der Waals surface area (Å²) in [7, 11) is 0. The van der Waals surface area contributed by atoms with Gasteiger partial charge in [-0.3, -0.25) is 0 Å². The first-order chi connectivity index (χ1) is 7.50. The van der Waals surface area contributed by atoms with Gasteiger partial charge in [0, 0.05) is 6.54 Å². The third kappa shape index (κ3) is 3.95. The van der Waals surface area contributed by atoms with Crippen molar-refractivity contribution in [3.05, 3.63) is 34.4 Å². The Bertz CT molecular complexity index is 345. The fourth-order valence-electron chi connectivity index (χ4n) is 1.57. The van der Waals surface area contributed by atoms with Crippen molar-refractivity contribution in [2.45, 2.75) is 41.2 Å². The molecule has 0 aliphatic heterocycles. The fraction of sp³-hybridized carbons (Fsp3) is 0.571. The Hall–Kier alpha value is -0.860. The van der Waals surface area contributed by atoms with Crippen LogP contribution in [0.1, 0.15) is 36.1 Å². The predicted molar refractivity (Wildman–Crippen MR) is 68.3 cm³/mol. The Labute approximate surface area is 99.0 Å². The van der Waals surface area contributed by atoms with E-state index in [0.29, 0.717) is 5.92 Å². The first-order valence-electron chi connectivity index (χ1n) is 5.92. The van der Waals surface area contributed by atoms with E-state index in [1.54, 1.807) is 0 Å². The van der Waals surface area contributed by atoms with Crippen LogP contribution in [0.4, 0.5) is 0 Å². The van der Waals surface area contributed by atoms with E-state index in [1.165, 1.54) is 22.3 Å². The molecule has 0 bridgehead atoms. The Morgan fingerprint density at radius 1 is 1.06 bits per heavy atom.